The number of thioether (sulfide) groups is 1. The number of ether oxygens (including phenoxy) is 3. The van der Waals surface area contributed by atoms with Crippen LogP contribution in [0.2, 0.25) is 0 Å². The fraction of sp³-hybridized carbons (Fsp3) is 0.200. The van der Waals surface area contributed by atoms with E-state index in [1.807, 2.05) is 66.1 Å². The van der Waals surface area contributed by atoms with Crippen LogP contribution in [0.15, 0.2) is 90.1 Å². The zero-order valence-electron chi connectivity index (χ0n) is 22.3. The maximum atomic E-state index is 11.7. The maximum absolute atomic E-state index is 11.7. The van der Waals surface area contributed by atoms with E-state index in [9.17, 15) is 10.1 Å². The average Bonchev–Trinajstić information content (AvgIpc) is 3.34. The molecule has 0 unspecified atom stereocenters. The molecule has 5 aromatic rings. The third-order valence-electron chi connectivity index (χ3n) is 6.51. The second-order valence-corrected chi connectivity index (χ2v) is 10.2. The summed E-state index contributed by atoms with van der Waals surface area (Å²) < 4.78 is 18.9. The van der Waals surface area contributed by atoms with Crippen molar-refractivity contribution in [3.05, 3.63) is 112 Å². The summed E-state index contributed by atoms with van der Waals surface area (Å²) in [5.41, 5.74) is 2.61. The molecule has 0 N–H and O–H groups in total. The van der Waals surface area contributed by atoms with E-state index >= 15 is 0 Å². The molecule has 4 aromatic carbocycles. The molecule has 0 aliphatic carbocycles. The summed E-state index contributed by atoms with van der Waals surface area (Å²) in [6, 6.07) is 27.2. The van der Waals surface area contributed by atoms with Crippen molar-refractivity contribution in [2.75, 3.05) is 20.8 Å². The first-order chi connectivity index (χ1) is 19.5. The molecule has 204 valence electrons. The van der Waals surface area contributed by atoms with Gasteiger partial charge in [-0.15, -0.1) is 10.2 Å². The van der Waals surface area contributed by atoms with E-state index in [0.717, 1.165) is 33.3 Å². The molecule has 1 heterocycles. The van der Waals surface area contributed by atoms with Crippen LogP contribution in [-0.2, 0) is 6.61 Å². The Morgan fingerprint density at radius 3 is 2.45 bits per heavy atom. The number of rotatable bonds is 11. The second kappa shape index (κ2) is 12.1. The Kier molecular flexibility index (Phi) is 8.16. The van der Waals surface area contributed by atoms with Crippen LogP contribution in [-0.4, -0.2) is 40.5 Å². The first-order valence-electron chi connectivity index (χ1n) is 12.6. The van der Waals surface area contributed by atoms with Gasteiger partial charge in [0.2, 0.25) is 6.54 Å². The van der Waals surface area contributed by atoms with Gasteiger partial charge in [0.15, 0.2) is 16.7 Å². The standard InChI is InChI=1S/C30H28N4O5S/c1-20-31-32-30(34(20)24-12-14-25(37-2)15-13-24)40-29(18-33(35)36)22-11-16-27(28(17-22)38-3)39-19-23-9-6-8-21-7-4-5-10-26(21)23/h4-17,29H,18-19H2,1-3H3/t29-/m1/s1. The lowest BCUT2D eigenvalue weighted by molar-refractivity contribution is -0.479. The van der Waals surface area contributed by atoms with Crippen LogP contribution < -0.4 is 14.2 Å². The number of hydrogen-bond donors (Lipinski definition) is 0. The lowest BCUT2D eigenvalue weighted by Crippen LogP contribution is -2.11. The van der Waals surface area contributed by atoms with Gasteiger partial charge in [-0.1, -0.05) is 60.3 Å². The van der Waals surface area contributed by atoms with Crippen molar-refractivity contribution in [2.45, 2.75) is 23.9 Å². The molecule has 0 amide bonds. The molecule has 0 bridgehead atoms. The highest BCUT2D eigenvalue weighted by Crippen LogP contribution is 2.40. The van der Waals surface area contributed by atoms with Crippen LogP contribution in [0, 0.1) is 17.0 Å². The van der Waals surface area contributed by atoms with Crippen LogP contribution in [0.3, 0.4) is 0 Å². The minimum absolute atomic E-state index is 0.307. The molecular weight excluding hydrogens is 528 g/mol. The second-order valence-electron chi connectivity index (χ2n) is 9.02. The molecule has 0 saturated carbocycles. The van der Waals surface area contributed by atoms with E-state index in [4.69, 9.17) is 14.2 Å². The molecule has 0 spiro atoms. The Bertz CT molecular complexity index is 1630. The van der Waals surface area contributed by atoms with Gasteiger partial charge < -0.3 is 14.2 Å². The quantitative estimate of drug-likeness (QED) is 0.104. The van der Waals surface area contributed by atoms with Crippen LogP contribution in [0.25, 0.3) is 16.5 Å². The SMILES string of the molecule is COc1ccc(-n2c(C)nnc2S[C@H](C[N+](=O)[O-])c2ccc(OCc3cccc4ccccc34)c(OC)c2)cc1. The lowest BCUT2D eigenvalue weighted by atomic mass is 10.1. The molecule has 9 nitrogen and oxygen atoms in total. The van der Waals surface area contributed by atoms with Crippen molar-refractivity contribution in [1.82, 2.24) is 14.8 Å². The van der Waals surface area contributed by atoms with Gasteiger partial charge >= 0.3 is 0 Å². The number of benzene rings is 4. The molecule has 1 aromatic heterocycles. The Morgan fingerprint density at radius 1 is 0.925 bits per heavy atom. The molecule has 5 rings (SSSR count). The molecule has 0 aliphatic rings. The topological polar surface area (TPSA) is 102 Å². The van der Waals surface area contributed by atoms with Gasteiger partial charge in [-0.3, -0.25) is 14.7 Å². The summed E-state index contributed by atoms with van der Waals surface area (Å²) in [5, 5.41) is 22.5. The Labute approximate surface area is 235 Å². The number of nitro groups is 1. The number of aromatic nitrogens is 3. The zero-order valence-corrected chi connectivity index (χ0v) is 23.1. The largest absolute Gasteiger partial charge is 0.497 e. The van der Waals surface area contributed by atoms with Crippen molar-refractivity contribution < 1.29 is 19.1 Å². The van der Waals surface area contributed by atoms with Gasteiger partial charge in [-0.05, 0) is 65.2 Å². The zero-order chi connectivity index (χ0) is 28.1. The summed E-state index contributed by atoms with van der Waals surface area (Å²) in [7, 11) is 3.17. The fourth-order valence-corrected chi connectivity index (χ4v) is 5.66. The van der Waals surface area contributed by atoms with Crippen LogP contribution >= 0.6 is 11.8 Å². The Balaban J connectivity index is 1.40. The van der Waals surface area contributed by atoms with E-state index in [2.05, 4.69) is 28.4 Å². The Morgan fingerprint density at radius 2 is 1.70 bits per heavy atom. The predicted molar refractivity (Wildman–Crippen MR) is 154 cm³/mol. The molecule has 0 aliphatic heterocycles. The van der Waals surface area contributed by atoms with Crippen molar-refractivity contribution in [1.29, 1.82) is 0 Å². The van der Waals surface area contributed by atoms with E-state index in [-0.39, 0.29) is 11.5 Å². The van der Waals surface area contributed by atoms with Gasteiger partial charge in [0.05, 0.1) is 14.2 Å². The first kappa shape index (κ1) is 27.0. The number of methoxy groups -OCH3 is 2. The van der Waals surface area contributed by atoms with Crippen LogP contribution in [0.5, 0.6) is 17.2 Å². The summed E-state index contributed by atoms with van der Waals surface area (Å²) in [5.74, 6) is 2.45. The molecule has 0 fully saturated rings. The number of aryl methyl sites for hydroxylation is 1. The first-order valence-corrected chi connectivity index (χ1v) is 13.5. The van der Waals surface area contributed by atoms with Gasteiger partial charge in [0, 0.05) is 10.6 Å². The summed E-state index contributed by atoms with van der Waals surface area (Å²) >= 11 is 1.28. The highest BCUT2D eigenvalue weighted by molar-refractivity contribution is 7.99. The van der Waals surface area contributed by atoms with E-state index in [0.29, 0.717) is 29.1 Å². The number of fused-ring (bicyclic) bond motifs is 1. The third-order valence-corrected chi connectivity index (χ3v) is 7.69. The number of hydrogen-bond acceptors (Lipinski definition) is 8. The molecule has 40 heavy (non-hydrogen) atoms. The van der Waals surface area contributed by atoms with E-state index < -0.39 is 5.25 Å². The monoisotopic (exact) mass is 556 g/mol. The molecule has 10 heteroatoms. The minimum atomic E-state index is -0.545. The average molecular weight is 557 g/mol. The van der Waals surface area contributed by atoms with E-state index in [1.54, 1.807) is 26.4 Å². The van der Waals surface area contributed by atoms with Gasteiger partial charge in [-0.25, -0.2) is 0 Å². The number of nitrogens with zero attached hydrogens (tertiary/aromatic N) is 4. The summed E-state index contributed by atoms with van der Waals surface area (Å²) in [4.78, 5) is 11.3. The minimum Gasteiger partial charge on any atom is -0.497 e. The lowest BCUT2D eigenvalue weighted by Gasteiger charge is -2.17. The third kappa shape index (κ3) is 5.86. The van der Waals surface area contributed by atoms with Crippen LogP contribution in [0.1, 0.15) is 22.2 Å². The summed E-state index contributed by atoms with van der Waals surface area (Å²) in [6.45, 7) is 1.89. The highest BCUT2D eigenvalue weighted by Gasteiger charge is 2.25. The van der Waals surface area contributed by atoms with E-state index in [1.165, 1.54) is 11.8 Å². The van der Waals surface area contributed by atoms with Gasteiger partial charge in [-0.2, -0.15) is 0 Å². The smallest absolute Gasteiger partial charge is 0.220 e. The summed E-state index contributed by atoms with van der Waals surface area (Å²) in [6.07, 6.45) is 0. The normalized spacial score (nSPS) is 11.8. The van der Waals surface area contributed by atoms with Gasteiger partial charge in [0.25, 0.3) is 0 Å². The van der Waals surface area contributed by atoms with Crippen molar-refractivity contribution in [2.24, 2.45) is 0 Å². The predicted octanol–water partition coefficient (Wildman–Crippen LogP) is 6.44. The molecular formula is C30H28N4O5S. The molecule has 0 radical (unpaired) electrons. The maximum Gasteiger partial charge on any atom is 0.220 e. The van der Waals surface area contributed by atoms with Crippen molar-refractivity contribution in [3.63, 3.8) is 0 Å². The molecule has 0 saturated heterocycles. The highest BCUT2D eigenvalue weighted by atomic mass is 32.2. The molecule has 1 atom stereocenters. The Hall–Kier alpha value is -4.57. The van der Waals surface area contributed by atoms with Crippen molar-refractivity contribution in [3.8, 4) is 22.9 Å². The fourth-order valence-electron chi connectivity index (χ4n) is 4.50. The van der Waals surface area contributed by atoms with Gasteiger partial charge in [0.1, 0.15) is 23.4 Å². The van der Waals surface area contributed by atoms with Crippen molar-refractivity contribution >= 4 is 22.5 Å². The van der Waals surface area contributed by atoms with Crippen LogP contribution in [0.4, 0.5) is 0 Å².